The van der Waals surface area contributed by atoms with Gasteiger partial charge in [-0.25, -0.2) is 8.42 Å². The highest BCUT2D eigenvalue weighted by Crippen LogP contribution is 2.16. The summed E-state index contributed by atoms with van der Waals surface area (Å²) in [5.41, 5.74) is 2.23. The van der Waals surface area contributed by atoms with Crippen LogP contribution in [0.4, 0.5) is 0 Å². The lowest BCUT2D eigenvalue weighted by Crippen LogP contribution is -3.19. The molecule has 7 heteroatoms. The Bertz CT molecular complexity index is 906. The topological polar surface area (TPSA) is 70.9 Å². The number of aryl methyl sites for hydroxylation is 1. The Kier molecular flexibility index (Phi) is 7.05. The van der Waals surface area contributed by atoms with Gasteiger partial charge in [0.05, 0.1) is 31.1 Å². The summed E-state index contributed by atoms with van der Waals surface area (Å²) in [6.07, 6.45) is 0.803. The number of hydrogen-bond acceptors (Lipinski definition) is 3. The first kappa shape index (κ1) is 21.5. The molecule has 29 heavy (non-hydrogen) atoms. The van der Waals surface area contributed by atoms with Crippen LogP contribution in [0.15, 0.2) is 59.5 Å². The number of carbonyl (C=O) groups excluding carboxylic acids is 1. The smallest absolute Gasteiger partial charge is 0.278 e. The van der Waals surface area contributed by atoms with Gasteiger partial charge in [-0.3, -0.25) is 4.79 Å². The van der Waals surface area contributed by atoms with Gasteiger partial charge < -0.3 is 10.2 Å². The molecule has 1 aliphatic heterocycles. The quantitative estimate of drug-likeness (QED) is 0.696. The number of benzene rings is 2. The van der Waals surface area contributed by atoms with E-state index < -0.39 is 10.0 Å². The van der Waals surface area contributed by atoms with E-state index in [0.29, 0.717) is 37.6 Å². The lowest BCUT2D eigenvalue weighted by Gasteiger charge is -2.34. The Morgan fingerprint density at radius 1 is 1.07 bits per heavy atom. The molecule has 0 bridgehead atoms. The highest BCUT2D eigenvalue weighted by Gasteiger charge is 2.34. The van der Waals surface area contributed by atoms with Gasteiger partial charge in [-0.1, -0.05) is 48.0 Å². The van der Waals surface area contributed by atoms with E-state index in [1.165, 1.54) is 9.87 Å². The fraction of sp³-hybridized carbons (Fsp3) is 0.409. The average molecular weight is 417 g/mol. The molecule has 0 spiro atoms. The second-order valence-corrected chi connectivity index (χ2v) is 9.56. The van der Waals surface area contributed by atoms with Crippen LogP contribution in [0.2, 0.25) is 0 Å². The van der Waals surface area contributed by atoms with Gasteiger partial charge in [-0.15, -0.1) is 0 Å². The van der Waals surface area contributed by atoms with Crippen molar-refractivity contribution in [3.8, 4) is 0 Å². The number of hydrogen-bond donors (Lipinski definition) is 2. The molecule has 1 heterocycles. The minimum Gasteiger partial charge on any atom is -0.351 e. The molecule has 0 aromatic heterocycles. The Hall–Kier alpha value is -2.22. The molecular weight excluding hydrogens is 386 g/mol. The van der Waals surface area contributed by atoms with Crippen LogP contribution in [0.25, 0.3) is 0 Å². The summed E-state index contributed by atoms with van der Waals surface area (Å²) >= 11 is 0. The number of piperazine rings is 1. The molecule has 6 nitrogen and oxygen atoms in total. The van der Waals surface area contributed by atoms with Crippen LogP contribution < -0.4 is 10.2 Å². The highest BCUT2D eigenvalue weighted by atomic mass is 32.2. The number of quaternary nitrogens is 1. The van der Waals surface area contributed by atoms with Crippen molar-refractivity contribution in [1.82, 2.24) is 9.62 Å². The highest BCUT2D eigenvalue weighted by molar-refractivity contribution is 7.89. The van der Waals surface area contributed by atoms with Crippen LogP contribution >= 0.6 is 0 Å². The zero-order valence-electron chi connectivity index (χ0n) is 17.1. The molecule has 1 fully saturated rings. The molecular formula is C22H30N3O3S+. The maximum atomic E-state index is 12.8. The molecule has 2 N–H and O–H groups in total. The monoisotopic (exact) mass is 416 g/mol. The van der Waals surface area contributed by atoms with Crippen molar-refractivity contribution < 1.29 is 18.1 Å². The molecule has 1 atom stereocenters. The molecule has 156 valence electrons. The maximum Gasteiger partial charge on any atom is 0.278 e. The SMILES string of the molecule is Cc1ccc(S(=O)(=O)N2CC[NH+]([C@H](C)C(=O)NCCc3ccccc3)CC2)cc1. The minimum absolute atomic E-state index is 0.0192. The summed E-state index contributed by atoms with van der Waals surface area (Å²) in [6.45, 7) is 6.55. The Balaban J connectivity index is 1.49. The lowest BCUT2D eigenvalue weighted by molar-refractivity contribution is -0.917. The molecule has 3 rings (SSSR count). The number of sulfonamides is 1. The fourth-order valence-electron chi connectivity index (χ4n) is 3.62. The van der Waals surface area contributed by atoms with E-state index in [1.807, 2.05) is 44.2 Å². The molecule has 0 aliphatic carbocycles. The van der Waals surface area contributed by atoms with Crippen molar-refractivity contribution in [2.24, 2.45) is 0 Å². The van der Waals surface area contributed by atoms with E-state index in [1.54, 1.807) is 12.1 Å². The molecule has 2 aromatic carbocycles. The third-order valence-corrected chi connectivity index (χ3v) is 7.50. The van der Waals surface area contributed by atoms with E-state index >= 15 is 0 Å². The van der Waals surface area contributed by atoms with Gasteiger partial charge in [-0.2, -0.15) is 4.31 Å². The summed E-state index contributed by atoms with van der Waals surface area (Å²) < 4.78 is 27.2. The van der Waals surface area contributed by atoms with Gasteiger partial charge in [0.15, 0.2) is 6.04 Å². The van der Waals surface area contributed by atoms with Crippen molar-refractivity contribution >= 4 is 15.9 Å². The number of nitrogens with one attached hydrogen (secondary N) is 2. The van der Waals surface area contributed by atoms with Crippen molar-refractivity contribution in [2.75, 3.05) is 32.7 Å². The lowest BCUT2D eigenvalue weighted by atomic mass is 10.1. The van der Waals surface area contributed by atoms with Gasteiger partial charge in [0.1, 0.15) is 0 Å². The average Bonchev–Trinajstić information content (AvgIpc) is 2.74. The number of amides is 1. The third-order valence-electron chi connectivity index (χ3n) is 5.58. The Morgan fingerprint density at radius 2 is 1.69 bits per heavy atom. The molecule has 1 amide bonds. The number of rotatable bonds is 7. The molecule has 1 aliphatic rings. The fourth-order valence-corrected chi connectivity index (χ4v) is 5.06. The zero-order valence-corrected chi connectivity index (χ0v) is 17.9. The van der Waals surface area contributed by atoms with Crippen LogP contribution in [0, 0.1) is 6.92 Å². The van der Waals surface area contributed by atoms with Crippen molar-refractivity contribution in [1.29, 1.82) is 0 Å². The van der Waals surface area contributed by atoms with Crippen molar-refractivity contribution in [3.05, 3.63) is 65.7 Å². The minimum atomic E-state index is -3.47. The predicted octanol–water partition coefficient (Wildman–Crippen LogP) is 0.632. The van der Waals surface area contributed by atoms with E-state index in [9.17, 15) is 13.2 Å². The van der Waals surface area contributed by atoms with Gasteiger partial charge >= 0.3 is 0 Å². The van der Waals surface area contributed by atoms with E-state index in [4.69, 9.17) is 0 Å². The van der Waals surface area contributed by atoms with Crippen LogP contribution in [0.1, 0.15) is 18.1 Å². The van der Waals surface area contributed by atoms with Crippen molar-refractivity contribution in [3.63, 3.8) is 0 Å². The van der Waals surface area contributed by atoms with Crippen LogP contribution in [-0.4, -0.2) is 57.4 Å². The second-order valence-electron chi connectivity index (χ2n) is 7.62. The van der Waals surface area contributed by atoms with Gasteiger partial charge in [-0.05, 0) is 38.0 Å². The standard InChI is InChI=1S/C22H29N3O3S/c1-18-8-10-21(11-9-18)29(27,28)25-16-14-24(15-17-25)19(2)22(26)23-13-12-20-6-4-3-5-7-20/h3-11,19H,12-17H2,1-2H3,(H,23,26)/p+1/t19-/m1/s1. The summed E-state index contributed by atoms with van der Waals surface area (Å²) in [7, 11) is -3.47. The van der Waals surface area contributed by atoms with Crippen LogP contribution in [0.5, 0.6) is 0 Å². The Labute approximate surface area is 173 Å². The zero-order chi connectivity index (χ0) is 20.9. The summed E-state index contributed by atoms with van der Waals surface area (Å²) in [6, 6.07) is 16.8. The molecule has 0 radical (unpaired) electrons. The van der Waals surface area contributed by atoms with Crippen LogP contribution in [-0.2, 0) is 21.2 Å². The normalized spacial score (nSPS) is 17.0. The maximum absolute atomic E-state index is 12.8. The van der Waals surface area contributed by atoms with Gasteiger partial charge in [0.2, 0.25) is 10.0 Å². The number of carbonyl (C=O) groups is 1. The van der Waals surface area contributed by atoms with Gasteiger partial charge in [0, 0.05) is 6.54 Å². The van der Waals surface area contributed by atoms with Crippen molar-refractivity contribution in [2.45, 2.75) is 31.2 Å². The molecule has 1 saturated heterocycles. The first-order valence-electron chi connectivity index (χ1n) is 10.1. The third kappa shape index (κ3) is 5.44. The van der Waals surface area contributed by atoms with Crippen LogP contribution in [0.3, 0.4) is 0 Å². The predicted molar refractivity (Wildman–Crippen MR) is 113 cm³/mol. The van der Waals surface area contributed by atoms with E-state index in [2.05, 4.69) is 17.4 Å². The van der Waals surface area contributed by atoms with Gasteiger partial charge in [0.25, 0.3) is 5.91 Å². The summed E-state index contributed by atoms with van der Waals surface area (Å²) in [4.78, 5) is 14.0. The largest absolute Gasteiger partial charge is 0.351 e. The second kappa shape index (κ2) is 9.52. The first-order chi connectivity index (χ1) is 13.9. The first-order valence-corrected chi connectivity index (χ1v) is 11.5. The van der Waals surface area contributed by atoms with E-state index in [0.717, 1.165) is 16.9 Å². The summed E-state index contributed by atoms with van der Waals surface area (Å²) in [5, 5.41) is 3.01. The molecule has 0 unspecified atom stereocenters. The number of nitrogens with zero attached hydrogens (tertiary/aromatic N) is 1. The molecule has 2 aromatic rings. The summed E-state index contributed by atoms with van der Waals surface area (Å²) in [5.74, 6) is 0.0192. The van der Waals surface area contributed by atoms with E-state index in [-0.39, 0.29) is 11.9 Å². The molecule has 0 saturated carbocycles. The Morgan fingerprint density at radius 3 is 2.31 bits per heavy atom.